The van der Waals surface area contributed by atoms with E-state index in [1.165, 1.54) is 0 Å². The highest BCUT2D eigenvalue weighted by Crippen LogP contribution is 2.02. The van der Waals surface area contributed by atoms with E-state index in [0.717, 1.165) is 18.8 Å². The number of rotatable bonds is 5. The average Bonchev–Trinajstić information content (AvgIpc) is 2.21. The molecule has 72 valence electrons. The van der Waals surface area contributed by atoms with Crippen LogP contribution in [0, 0.1) is 0 Å². The number of hydrazine groups is 2. The van der Waals surface area contributed by atoms with Crippen LogP contribution >= 0.6 is 0 Å². The second kappa shape index (κ2) is 5.56. The highest BCUT2D eigenvalue weighted by atomic mass is 15.7. The van der Waals surface area contributed by atoms with Crippen LogP contribution in [0.2, 0.25) is 0 Å². The van der Waals surface area contributed by atoms with E-state index >= 15 is 0 Å². The van der Waals surface area contributed by atoms with Gasteiger partial charge in [0.25, 0.3) is 0 Å². The van der Waals surface area contributed by atoms with Gasteiger partial charge < -0.3 is 5.43 Å². The van der Waals surface area contributed by atoms with E-state index in [1.807, 2.05) is 30.3 Å². The first-order valence-electron chi connectivity index (χ1n) is 4.68. The van der Waals surface area contributed by atoms with Gasteiger partial charge >= 0.3 is 0 Å². The third-order valence-corrected chi connectivity index (χ3v) is 1.90. The van der Waals surface area contributed by atoms with Gasteiger partial charge in [-0.25, -0.2) is 5.01 Å². The van der Waals surface area contributed by atoms with Crippen LogP contribution in [0.4, 0.5) is 5.69 Å². The first kappa shape index (κ1) is 10.0. The predicted octanol–water partition coefficient (Wildman–Crippen LogP) is 1.86. The second-order valence-electron chi connectivity index (χ2n) is 2.78. The van der Waals surface area contributed by atoms with Crippen molar-refractivity contribution in [2.45, 2.75) is 13.8 Å². The van der Waals surface area contributed by atoms with E-state index < -0.39 is 0 Å². The van der Waals surface area contributed by atoms with Crippen LogP contribution in [-0.4, -0.2) is 18.1 Å². The minimum absolute atomic E-state index is 0.982. The van der Waals surface area contributed by atoms with E-state index in [-0.39, 0.29) is 0 Å². The molecule has 3 nitrogen and oxygen atoms in total. The zero-order valence-corrected chi connectivity index (χ0v) is 8.25. The summed E-state index contributed by atoms with van der Waals surface area (Å²) in [6, 6.07) is 10.1. The van der Waals surface area contributed by atoms with Crippen molar-refractivity contribution in [3.8, 4) is 0 Å². The molecule has 1 aromatic carbocycles. The van der Waals surface area contributed by atoms with Gasteiger partial charge in [0.05, 0.1) is 5.69 Å². The topological polar surface area (TPSA) is 27.3 Å². The Labute approximate surface area is 79.7 Å². The summed E-state index contributed by atoms with van der Waals surface area (Å²) in [5.74, 6) is 0. The summed E-state index contributed by atoms with van der Waals surface area (Å²) >= 11 is 0. The molecule has 0 bridgehead atoms. The van der Waals surface area contributed by atoms with E-state index in [4.69, 9.17) is 0 Å². The third-order valence-electron chi connectivity index (χ3n) is 1.90. The lowest BCUT2D eigenvalue weighted by molar-refractivity contribution is 0.230. The van der Waals surface area contributed by atoms with Crippen molar-refractivity contribution in [2.75, 3.05) is 18.5 Å². The van der Waals surface area contributed by atoms with Crippen molar-refractivity contribution in [3.63, 3.8) is 0 Å². The Bertz CT molecular complexity index is 219. The molecule has 0 aliphatic heterocycles. The molecule has 13 heavy (non-hydrogen) atoms. The Morgan fingerprint density at radius 3 is 2.23 bits per heavy atom. The van der Waals surface area contributed by atoms with Gasteiger partial charge in [-0.3, -0.25) is 0 Å². The molecule has 0 spiro atoms. The maximum atomic E-state index is 3.12. The quantitative estimate of drug-likeness (QED) is 0.676. The first-order chi connectivity index (χ1) is 6.36. The lowest BCUT2D eigenvalue weighted by Crippen LogP contribution is -2.41. The van der Waals surface area contributed by atoms with Gasteiger partial charge in [-0.05, 0) is 12.1 Å². The van der Waals surface area contributed by atoms with Crippen molar-refractivity contribution < 1.29 is 0 Å². The van der Waals surface area contributed by atoms with Gasteiger partial charge in [0.15, 0.2) is 0 Å². The zero-order valence-electron chi connectivity index (χ0n) is 8.25. The summed E-state index contributed by atoms with van der Waals surface area (Å²) in [4.78, 5) is 0. The fraction of sp³-hybridized carbons (Fsp3) is 0.400. The number of para-hydroxylation sites is 1. The van der Waals surface area contributed by atoms with Crippen LogP contribution < -0.4 is 11.0 Å². The van der Waals surface area contributed by atoms with Crippen molar-refractivity contribution in [2.24, 2.45) is 0 Å². The molecule has 0 amide bonds. The highest BCUT2D eigenvalue weighted by Gasteiger charge is 1.95. The van der Waals surface area contributed by atoms with E-state index in [2.05, 4.69) is 29.8 Å². The molecule has 1 rings (SSSR count). The minimum Gasteiger partial charge on any atom is -0.308 e. The summed E-state index contributed by atoms with van der Waals surface area (Å²) in [5.41, 5.74) is 7.32. The van der Waals surface area contributed by atoms with E-state index in [1.54, 1.807) is 0 Å². The summed E-state index contributed by atoms with van der Waals surface area (Å²) in [5, 5.41) is 2.09. The second-order valence-corrected chi connectivity index (χ2v) is 2.78. The van der Waals surface area contributed by atoms with Crippen LogP contribution in [0.5, 0.6) is 0 Å². The average molecular weight is 179 g/mol. The van der Waals surface area contributed by atoms with E-state index in [9.17, 15) is 0 Å². The Balaban J connectivity index is 2.34. The molecular formula is C10H17N3. The first-order valence-corrected chi connectivity index (χ1v) is 4.68. The molecule has 3 heteroatoms. The molecule has 1 aromatic rings. The molecule has 0 unspecified atom stereocenters. The Hall–Kier alpha value is -1.06. The number of benzene rings is 1. The number of hydrogen-bond donors (Lipinski definition) is 2. The molecule has 0 aromatic heterocycles. The van der Waals surface area contributed by atoms with Crippen LogP contribution in [0.25, 0.3) is 0 Å². The van der Waals surface area contributed by atoms with Crippen LogP contribution in [0.15, 0.2) is 30.3 Å². The summed E-state index contributed by atoms with van der Waals surface area (Å²) in [6.07, 6.45) is 0. The largest absolute Gasteiger partial charge is 0.308 e. The number of nitrogens with one attached hydrogen (secondary N) is 2. The molecule has 0 fully saturated rings. The summed E-state index contributed by atoms with van der Waals surface area (Å²) < 4.78 is 0. The Morgan fingerprint density at radius 2 is 1.69 bits per heavy atom. The normalized spacial score (nSPS) is 10.4. The van der Waals surface area contributed by atoms with Gasteiger partial charge in [0, 0.05) is 13.1 Å². The Morgan fingerprint density at radius 1 is 1.08 bits per heavy atom. The van der Waals surface area contributed by atoms with Crippen molar-refractivity contribution >= 4 is 5.69 Å². The molecule has 0 saturated heterocycles. The smallest absolute Gasteiger partial charge is 0.0501 e. The molecule has 0 aliphatic carbocycles. The van der Waals surface area contributed by atoms with Crippen molar-refractivity contribution in [1.82, 2.24) is 10.5 Å². The Kier molecular flexibility index (Phi) is 4.29. The van der Waals surface area contributed by atoms with Crippen molar-refractivity contribution in [1.29, 1.82) is 0 Å². The van der Waals surface area contributed by atoms with Crippen LogP contribution in [-0.2, 0) is 0 Å². The van der Waals surface area contributed by atoms with Gasteiger partial charge in [-0.2, -0.15) is 5.53 Å². The monoisotopic (exact) mass is 179 g/mol. The summed E-state index contributed by atoms with van der Waals surface area (Å²) in [6.45, 7) is 6.19. The maximum absolute atomic E-state index is 3.12. The highest BCUT2D eigenvalue weighted by molar-refractivity contribution is 5.40. The fourth-order valence-electron chi connectivity index (χ4n) is 1.05. The molecular weight excluding hydrogens is 162 g/mol. The van der Waals surface area contributed by atoms with Gasteiger partial charge in [0.2, 0.25) is 0 Å². The lowest BCUT2D eigenvalue weighted by atomic mass is 10.3. The molecule has 0 aliphatic rings. The third kappa shape index (κ3) is 3.44. The molecule has 2 N–H and O–H groups in total. The molecule has 0 saturated carbocycles. The van der Waals surface area contributed by atoms with Crippen molar-refractivity contribution in [3.05, 3.63) is 30.3 Å². The standard InChI is InChI=1S/C10H17N3/c1-3-13(4-2)12-11-10-8-6-5-7-9-10/h5-9,11-12H,3-4H2,1-2H3. The summed E-state index contributed by atoms with van der Waals surface area (Å²) in [7, 11) is 0. The predicted molar refractivity (Wildman–Crippen MR) is 56.1 cm³/mol. The van der Waals surface area contributed by atoms with Crippen LogP contribution in [0.3, 0.4) is 0 Å². The van der Waals surface area contributed by atoms with Crippen LogP contribution in [0.1, 0.15) is 13.8 Å². The van der Waals surface area contributed by atoms with Gasteiger partial charge in [0.1, 0.15) is 0 Å². The van der Waals surface area contributed by atoms with Gasteiger partial charge in [-0.1, -0.05) is 32.0 Å². The zero-order chi connectivity index (χ0) is 9.52. The fourth-order valence-corrected chi connectivity index (χ4v) is 1.05. The number of hydrogen-bond acceptors (Lipinski definition) is 3. The number of anilines is 1. The molecule has 0 heterocycles. The van der Waals surface area contributed by atoms with Gasteiger partial charge in [-0.15, -0.1) is 0 Å². The SMILES string of the molecule is CCN(CC)NNc1ccccc1. The number of nitrogens with zero attached hydrogens (tertiary/aromatic N) is 1. The van der Waals surface area contributed by atoms with E-state index in [0.29, 0.717) is 0 Å². The molecule has 0 atom stereocenters. The maximum Gasteiger partial charge on any atom is 0.0501 e. The lowest BCUT2D eigenvalue weighted by Gasteiger charge is -2.20. The minimum atomic E-state index is 0.982. The molecule has 0 radical (unpaired) electrons.